The van der Waals surface area contributed by atoms with Crippen molar-refractivity contribution >= 4 is 38.4 Å². The second kappa shape index (κ2) is 6.62. The number of aliphatic hydroxyl groups is 1. The highest BCUT2D eigenvalue weighted by atomic mass is 32.2. The minimum Gasteiger partial charge on any atom is -0.383 e. The van der Waals surface area contributed by atoms with Crippen molar-refractivity contribution in [2.75, 3.05) is 12.0 Å². The first-order chi connectivity index (χ1) is 11.3. The van der Waals surface area contributed by atoms with Crippen molar-refractivity contribution < 1.29 is 18.4 Å². The van der Waals surface area contributed by atoms with E-state index in [0.29, 0.717) is 22.2 Å². The number of rotatable bonds is 6. The van der Waals surface area contributed by atoms with E-state index in [9.17, 15) is 23.6 Å². The summed E-state index contributed by atoms with van der Waals surface area (Å²) in [5, 5.41) is 22.7. The number of aromatic nitrogens is 1. The Balaban J connectivity index is 2.77. The van der Waals surface area contributed by atoms with Gasteiger partial charge in [-0.05, 0) is 31.2 Å². The molecule has 25 heavy (non-hydrogen) atoms. The second-order valence-electron chi connectivity index (χ2n) is 6.65. The summed E-state index contributed by atoms with van der Waals surface area (Å²) >= 11 is 1.51. The molecular weight excluding hydrogens is 364 g/mol. The normalized spacial score (nSPS) is 14.8. The minimum absolute atomic E-state index is 0.0825. The molecule has 1 heterocycles. The van der Waals surface area contributed by atoms with Crippen molar-refractivity contribution in [2.45, 2.75) is 38.5 Å². The molecule has 0 aliphatic carbocycles. The van der Waals surface area contributed by atoms with Gasteiger partial charge >= 0.3 is 0 Å². The standard InChI is InChI=1S/C16H22N2O5S2/c1-10(2)24-9-16(4,19)15-8-12-7-13(18(20)21)11(3)6-14(12)17(15)25(5,22)23/h6-8,10,19H,9H2,1-5H3. The van der Waals surface area contributed by atoms with E-state index >= 15 is 0 Å². The van der Waals surface area contributed by atoms with Gasteiger partial charge in [0, 0.05) is 22.8 Å². The van der Waals surface area contributed by atoms with Gasteiger partial charge in [0.2, 0.25) is 10.0 Å². The molecule has 1 aromatic heterocycles. The molecule has 0 spiro atoms. The van der Waals surface area contributed by atoms with Gasteiger partial charge in [0.05, 0.1) is 22.4 Å². The molecule has 1 N–H and O–H groups in total. The molecule has 7 nitrogen and oxygen atoms in total. The third kappa shape index (κ3) is 3.99. The van der Waals surface area contributed by atoms with Gasteiger partial charge in [-0.15, -0.1) is 0 Å². The number of aryl methyl sites for hydroxylation is 1. The Morgan fingerprint density at radius 2 is 1.96 bits per heavy atom. The molecular formula is C16H22N2O5S2. The summed E-state index contributed by atoms with van der Waals surface area (Å²) in [5.41, 5.74) is -0.586. The van der Waals surface area contributed by atoms with Gasteiger partial charge in [0.1, 0.15) is 5.60 Å². The maximum absolute atomic E-state index is 12.4. The van der Waals surface area contributed by atoms with Crippen molar-refractivity contribution in [1.82, 2.24) is 3.97 Å². The van der Waals surface area contributed by atoms with Crippen LogP contribution in [0.25, 0.3) is 10.9 Å². The Morgan fingerprint density at radius 3 is 2.44 bits per heavy atom. The summed E-state index contributed by atoms with van der Waals surface area (Å²) < 4.78 is 25.8. The van der Waals surface area contributed by atoms with Crippen LogP contribution in [0.5, 0.6) is 0 Å². The maximum atomic E-state index is 12.4. The van der Waals surface area contributed by atoms with Gasteiger partial charge in [0.25, 0.3) is 5.69 Å². The van der Waals surface area contributed by atoms with Crippen LogP contribution in [-0.2, 0) is 15.6 Å². The number of nitro groups is 1. The zero-order valence-electron chi connectivity index (χ0n) is 14.8. The zero-order valence-corrected chi connectivity index (χ0v) is 16.4. The van der Waals surface area contributed by atoms with Crippen LogP contribution in [-0.4, -0.2) is 39.7 Å². The SMILES string of the molecule is Cc1cc2c(cc1[N+](=O)[O-])cc(C(C)(O)CSC(C)C)n2S(C)(=O)=O. The van der Waals surface area contributed by atoms with E-state index in [1.807, 2.05) is 13.8 Å². The van der Waals surface area contributed by atoms with E-state index < -0.39 is 20.5 Å². The lowest BCUT2D eigenvalue weighted by Crippen LogP contribution is -2.30. The first kappa shape index (κ1) is 19.7. The Bertz CT molecular complexity index is 930. The average Bonchev–Trinajstić information content (AvgIpc) is 2.83. The third-order valence-corrected chi connectivity index (χ3v) is 6.31. The highest BCUT2D eigenvalue weighted by Gasteiger charge is 2.32. The molecule has 1 unspecified atom stereocenters. The summed E-state index contributed by atoms with van der Waals surface area (Å²) in [6.45, 7) is 7.09. The number of thioether (sulfide) groups is 1. The number of fused-ring (bicyclic) bond motifs is 1. The van der Waals surface area contributed by atoms with Crippen LogP contribution in [0.1, 0.15) is 32.0 Å². The van der Waals surface area contributed by atoms with Crippen LogP contribution in [0.2, 0.25) is 0 Å². The van der Waals surface area contributed by atoms with E-state index in [0.717, 1.165) is 10.2 Å². The first-order valence-corrected chi connectivity index (χ1v) is 10.6. The fourth-order valence-corrected chi connectivity index (χ4v) is 4.58. The van der Waals surface area contributed by atoms with Crippen molar-refractivity contribution in [3.63, 3.8) is 0 Å². The topological polar surface area (TPSA) is 102 Å². The third-order valence-electron chi connectivity index (χ3n) is 3.85. The molecule has 0 amide bonds. The van der Waals surface area contributed by atoms with Crippen molar-refractivity contribution in [3.8, 4) is 0 Å². The van der Waals surface area contributed by atoms with E-state index in [1.54, 1.807) is 13.8 Å². The summed E-state index contributed by atoms with van der Waals surface area (Å²) in [7, 11) is -3.71. The van der Waals surface area contributed by atoms with Crippen LogP contribution >= 0.6 is 11.8 Å². The number of nitrogens with zero attached hydrogens (tertiary/aromatic N) is 2. The molecule has 1 atom stereocenters. The first-order valence-electron chi connectivity index (χ1n) is 7.70. The number of benzene rings is 1. The van der Waals surface area contributed by atoms with Crippen LogP contribution < -0.4 is 0 Å². The Morgan fingerprint density at radius 1 is 1.36 bits per heavy atom. The quantitative estimate of drug-likeness (QED) is 0.605. The lowest BCUT2D eigenvalue weighted by molar-refractivity contribution is -0.385. The molecule has 0 bridgehead atoms. The Labute approximate surface area is 151 Å². The van der Waals surface area contributed by atoms with Crippen LogP contribution in [0.15, 0.2) is 18.2 Å². The molecule has 0 aliphatic rings. The van der Waals surface area contributed by atoms with Crippen LogP contribution in [0, 0.1) is 17.0 Å². The molecule has 0 saturated carbocycles. The minimum atomic E-state index is -3.71. The summed E-state index contributed by atoms with van der Waals surface area (Å²) in [5.74, 6) is 0.303. The van der Waals surface area contributed by atoms with Gasteiger partial charge in [-0.25, -0.2) is 12.4 Å². The summed E-state index contributed by atoms with van der Waals surface area (Å²) in [6.07, 6.45) is 1.05. The molecule has 0 radical (unpaired) electrons. The predicted octanol–water partition coefficient (Wildman–Crippen LogP) is 3.01. The Hall–Kier alpha value is -1.58. The lowest BCUT2D eigenvalue weighted by Gasteiger charge is -2.25. The Kier molecular flexibility index (Phi) is 5.23. The number of hydrogen-bond donors (Lipinski definition) is 1. The fraction of sp³-hybridized carbons (Fsp3) is 0.500. The van der Waals surface area contributed by atoms with Crippen LogP contribution in [0.3, 0.4) is 0 Å². The zero-order chi connectivity index (χ0) is 19.2. The van der Waals surface area contributed by atoms with Crippen molar-refractivity contribution in [3.05, 3.63) is 39.6 Å². The van der Waals surface area contributed by atoms with Gasteiger partial charge in [-0.1, -0.05) is 13.8 Å². The van der Waals surface area contributed by atoms with Gasteiger partial charge in [-0.3, -0.25) is 10.1 Å². The highest BCUT2D eigenvalue weighted by molar-refractivity contribution is 7.99. The van der Waals surface area contributed by atoms with Crippen molar-refractivity contribution in [1.29, 1.82) is 0 Å². The molecule has 0 fully saturated rings. The van der Waals surface area contributed by atoms with E-state index in [2.05, 4.69) is 0 Å². The molecule has 2 aromatic rings. The molecule has 1 aromatic carbocycles. The monoisotopic (exact) mass is 386 g/mol. The molecule has 0 aliphatic heterocycles. The van der Waals surface area contributed by atoms with Gasteiger partial charge < -0.3 is 5.11 Å². The number of hydrogen-bond acceptors (Lipinski definition) is 6. The smallest absolute Gasteiger partial charge is 0.273 e. The van der Waals surface area contributed by atoms with Crippen LogP contribution in [0.4, 0.5) is 5.69 Å². The second-order valence-corrected chi connectivity index (χ2v) is 10.0. The molecule has 0 saturated heterocycles. The largest absolute Gasteiger partial charge is 0.383 e. The van der Waals surface area contributed by atoms with E-state index in [-0.39, 0.29) is 16.6 Å². The summed E-state index contributed by atoms with van der Waals surface area (Å²) in [4.78, 5) is 10.7. The predicted molar refractivity (Wildman–Crippen MR) is 101 cm³/mol. The highest BCUT2D eigenvalue weighted by Crippen LogP contribution is 2.35. The molecule has 2 rings (SSSR count). The van der Waals surface area contributed by atoms with Crippen molar-refractivity contribution in [2.24, 2.45) is 0 Å². The van der Waals surface area contributed by atoms with E-state index in [1.165, 1.54) is 30.0 Å². The van der Waals surface area contributed by atoms with Gasteiger partial charge in [-0.2, -0.15) is 11.8 Å². The molecule has 9 heteroatoms. The number of nitro benzene ring substituents is 1. The lowest BCUT2D eigenvalue weighted by atomic mass is 10.1. The summed E-state index contributed by atoms with van der Waals surface area (Å²) in [6, 6.07) is 4.34. The molecule has 138 valence electrons. The fourth-order valence-electron chi connectivity index (χ4n) is 2.66. The average molecular weight is 386 g/mol. The van der Waals surface area contributed by atoms with Gasteiger partial charge in [0.15, 0.2) is 0 Å². The van der Waals surface area contributed by atoms with E-state index in [4.69, 9.17) is 0 Å². The maximum Gasteiger partial charge on any atom is 0.273 e.